The van der Waals surface area contributed by atoms with Crippen LogP contribution in [0.3, 0.4) is 0 Å². The van der Waals surface area contributed by atoms with Crippen LogP contribution in [0, 0.1) is 0 Å². The Hall–Kier alpha value is -3.85. The maximum atomic E-state index is 12.5. The van der Waals surface area contributed by atoms with Crippen molar-refractivity contribution in [3.63, 3.8) is 0 Å². The van der Waals surface area contributed by atoms with Crippen molar-refractivity contribution >= 4 is 46.4 Å². The first-order valence-electron chi connectivity index (χ1n) is 10.8. The molecule has 0 radical (unpaired) electrons. The molecule has 1 heterocycles. The lowest BCUT2D eigenvalue weighted by Crippen LogP contribution is -2.22. The number of carbonyl (C=O) groups is 1. The maximum absolute atomic E-state index is 12.5. The van der Waals surface area contributed by atoms with Crippen molar-refractivity contribution in [2.45, 2.75) is 12.5 Å². The second kappa shape index (κ2) is 11.5. The number of nitrogens with two attached hydrogens (primary N) is 1. The molecule has 3 aromatic carbocycles. The first-order chi connectivity index (χ1) is 17.0. The molecule has 0 saturated heterocycles. The van der Waals surface area contributed by atoms with Crippen LogP contribution in [-0.2, 0) is 4.79 Å². The number of halogens is 1. The quantitative estimate of drug-likeness (QED) is 0.170. The highest BCUT2D eigenvalue weighted by molar-refractivity contribution is 7.80. The lowest BCUT2D eigenvalue weighted by molar-refractivity contribution is -0.134. The van der Waals surface area contributed by atoms with E-state index in [0.29, 0.717) is 22.3 Å². The zero-order valence-corrected chi connectivity index (χ0v) is 20.1. The Morgan fingerprint density at radius 3 is 2.46 bits per heavy atom. The number of hydrogen-bond acceptors (Lipinski definition) is 6. The number of thiocarbonyl (C=S) groups is 1. The Morgan fingerprint density at radius 2 is 1.71 bits per heavy atom. The average Bonchev–Trinajstić information content (AvgIpc) is 2.86. The van der Waals surface area contributed by atoms with E-state index in [1.54, 1.807) is 48.5 Å². The second-order valence-electron chi connectivity index (χ2n) is 7.58. The minimum absolute atomic E-state index is 0.0132. The zero-order valence-electron chi connectivity index (χ0n) is 18.5. The monoisotopic (exact) mass is 503 g/mol. The summed E-state index contributed by atoms with van der Waals surface area (Å²) in [4.78, 5) is 12.5. The van der Waals surface area contributed by atoms with Crippen LogP contribution >= 0.6 is 23.8 Å². The Kier molecular flexibility index (Phi) is 7.99. The zero-order chi connectivity index (χ0) is 24.6. The summed E-state index contributed by atoms with van der Waals surface area (Å²) < 4.78 is 5.55. The molecular weight excluding hydrogens is 482 g/mol. The molecule has 0 saturated carbocycles. The molecule has 0 aliphatic heterocycles. The van der Waals surface area contributed by atoms with Gasteiger partial charge in [0, 0.05) is 16.6 Å². The predicted molar refractivity (Wildman–Crippen MR) is 142 cm³/mol. The van der Waals surface area contributed by atoms with Crippen molar-refractivity contribution < 1.29 is 9.53 Å². The van der Waals surface area contributed by atoms with Crippen molar-refractivity contribution in [1.29, 1.82) is 0 Å². The molecule has 176 valence electrons. The smallest absolute Gasteiger partial charge is 0.313 e. The molecule has 0 bridgehead atoms. The van der Waals surface area contributed by atoms with Crippen LogP contribution in [-0.4, -0.2) is 21.3 Å². The van der Waals surface area contributed by atoms with E-state index in [1.165, 1.54) is 0 Å². The summed E-state index contributed by atoms with van der Waals surface area (Å²) >= 11 is 11.4. The summed E-state index contributed by atoms with van der Waals surface area (Å²) in [6.07, 6.45) is -0.0132. The van der Waals surface area contributed by atoms with Gasteiger partial charge in [0.25, 0.3) is 0 Å². The largest absolute Gasteiger partial charge is 0.424 e. The summed E-state index contributed by atoms with van der Waals surface area (Å²) in [5.41, 5.74) is 9.15. The Bertz CT molecular complexity index is 1320. The van der Waals surface area contributed by atoms with Crippen molar-refractivity contribution in [3.8, 4) is 17.0 Å². The van der Waals surface area contributed by atoms with Crippen LogP contribution < -0.4 is 21.1 Å². The summed E-state index contributed by atoms with van der Waals surface area (Å²) in [5.74, 6) is 0.322. The van der Waals surface area contributed by atoms with Gasteiger partial charge in [-0.15, -0.1) is 10.2 Å². The van der Waals surface area contributed by atoms with E-state index in [1.807, 2.05) is 42.5 Å². The number of esters is 1. The van der Waals surface area contributed by atoms with Crippen LogP contribution in [0.4, 0.5) is 11.5 Å². The number of para-hydroxylation sites is 2. The van der Waals surface area contributed by atoms with Crippen molar-refractivity contribution in [2.75, 3.05) is 10.6 Å². The van der Waals surface area contributed by atoms with Gasteiger partial charge in [-0.1, -0.05) is 66.2 Å². The third-order valence-corrected chi connectivity index (χ3v) is 5.44. The van der Waals surface area contributed by atoms with Crippen molar-refractivity contribution in [3.05, 3.63) is 102 Å². The number of hydrogen-bond donors (Lipinski definition) is 3. The summed E-state index contributed by atoms with van der Waals surface area (Å²) in [6.45, 7) is 0. The molecule has 4 N–H and O–H groups in total. The molecule has 1 unspecified atom stereocenters. The van der Waals surface area contributed by atoms with Gasteiger partial charge in [-0.05, 0) is 54.2 Å². The number of aromatic nitrogens is 2. The van der Waals surface area contributed by atoms with Crippen molar-refractivity contribution in [1.82, 2.24) is 10.2 Å². The lowest BCUT2D eigenvalue weighted by Gasteiger charge is -2.15. The van der Waals surface area contributed by atoms with Gasteiger partial charge in [0.15, 0.2) is 16.7 Å². The maximum Gasteiger partial charge on any atom is 0.313 e. The number of benzene rings is 3. The first kappa shape index (κ1) is 24.3. The summed E-state index contributed by atoms with van der Waals surface area (Å²) in [6, 6.07) is 26.9. The third-order valence-electron chi connectivity index (χ3n) is 5.00. The normalized spacial score (nSPS) is 11.4. The number of carbonyl (C=O) groups excluding carboxylic acids is 1. The van der Waals surface area contributed by atoms with Crippen molar-refractivity contribution in [2.24, 2.45) is 5.73 Å². The minimum atomic E-state index is -0.540. The van der Waals surface area contributed by atoms with Gasteiger partial charge in [-0.3, -0.25) is 4.79 Å². The van der Waals surface area contributed by atoms with Gasteiger partial charge in [0.05, 0.1) is 17.8 Å². The Labute approximate surface area is 213 Å². The fraction of sp³-hybridized carbons (Fsp3) is 0.0769. The van der Waals surface area contributed by atoms with E-state index in [2.05, 4.69) is 20.8 Å². The second-order valence-corrected chi connectivity index (χ2v) is 8.43. The van der Waals surface area contributed by atoms with Crippen LogP contribution in [0.2, 0.25) is 5.02 Å². The van der Waals surface area contributed by atoms with E-state index >= 15 is 0 Å². The van der Waals surface area contributed by atoms with E-state index in [0.717, 1.165) is 16.8 Å². The molecule has 0 spiro atoms. The molecule has 4 aromatic rings. The van der Waals surface area contributed by atoms with E-state index < -0.39 is 12.0 Å². The highest BCUT2D eigenvalue weighted by atomic mass is 35.5. The standard InChI is InChI=1S/C26H22ClN5O2S/c27-19-10-6-9-18(15-19)20(28)16-25(33)34-23-12-5-4-11-22(23)29-26(35)30-24-14-13-21(31-32-24)17-7-2-1-3-8-17/h1-15,20H,16,28H2,(H2,29,30,32,35). The molecule has 0 aliphatic carbocycles. The molecule has 7 nitrogen and oxygen atoms in total. The first-order valence-corrected chi connectivity index (χ1v) is 11.5. The topological polar surface area (TPSA) is 102 Å². The van der Waals surface area contributed by atoms with E-state index in [4.69, 9.17) is 34.3 Å². The molecule has 35 heavy (non-hydrogen) atoms. The summed E-state index contributed by atoms with van der Waals surface area (Å²) in [7, 11) is 0. The Balaban J connectivity index is 1.36. The number of anilines is 2. The highest BCUT2D eigenvalue weighted by Crippen LogP contribution is 2.26. The molecule has 9 heteroatoms. The van der Waals surface area contributed by atoms with Crippen LogP contribution in [0.5, 0.6) is 5.75 Å². The molecule has 1 atom stereocenters. The molecule has 1 aromatic heterocycles. The van der Waals surface area contributed by atoms with E-state index in [9.17, 15) is 4.79 Å². The van der Waals surface area contributed by atoms with Gasteiger partial charge < -0.3 is 21.1 Å². The average molecular weight is 504 g/mol. The molecule has 4 rings (SSSR count). The Morgan fingerprint density at radius 1 is 0.943 bits per heavy atom. The number of nitrogens with zero attached hydrogens (tertiary/aromatic N) is 2. The van der Waals surface area contributed by atoms with Crippen LogP contribution in [0.25, 0.3) is 11.3 Å². The number of nitrogens with one attached hydrogen (secondary N) is 2. The SMILES string of the molecule is NC(CC(=O)Oc1ccccc1NC(=S)Nc1ccc(-c2ccccc2)nn1)c1cccc(Cl)c1. The van der Waals surface area contributed by atoms with Gasteiger partial charge in [-0.2, -0.15) is 0 Å². The fourth-order valence-electron chi connectivity index (χ4n) is 3.29. The third kappa shape index (κ3) is 6.83. The number of rotatable bonds is 7. The van der Waals surface area contributed by atoms with E-state index in [-0.39, 0.29) is 11.5 Å². The van der Waals surface area contributed by atoms with Crippen LogP contribution in [0.15, 0.2) is 91.0 Å². The van der Waals surface area contributed by atoms with Crippen LogP contribution in [0.1, 0.15) is 18.0 Å². The van der Waals surface area contributed by atoms with Gasteiger partial charge in [0.2, 0.25) is 0 Å². The van der Waals surface area contributed by atoms with Gasteiger partial charge >= 0.3 is 5.97 Å². The minimum Gasteiger partial charge on any atom is -0.424 e. The number of ether oxygens (including phenoxy) is 1. The molecular formula is C26H22ClN5O2S. The lowest BCUT2D eigenvalue weighted by atomic mass is 10.1. The fourth-order valence-corrected chi connectivity index (χ4v) is 3.70. The molecule has 0 fully saturated rings. The summed E-state index contributed by atoms with van der Waals surface area (Å²) in [5, 5.41) is 15.3. The molecule has 0 aliphatic rings. The van der Waals surface area contributed by atoms with Gasteiger partial charge in [0.1, 0.15) is 0 Å². The highest BCUT2D eigenvalue weighted by Gasteiger charge is 2.16. The van der Waals surface area contributed by atoms with Gasteiger partial charge in [-0.25, -0.2) is 0 Å². The molecule has 0 amide bonds. The predicted octanol–water partition coefficient (Wildman–Crippen LogP) is 5.60.